The van der Waals surface area contributed by atoms with Gasteiger partial charge in [0.15, 0.2) is 0 Å². The van der Waals surface area contributed by atoms with Crippen LogP contribution in [0, 0.1) is 6.92 Å². The van der Waals surface area contributed by atoms with Crippen LogP contribution in [0.2, 0.25) is 0 Å². The molecule has 0 spiro atoms. The zero-order valence-electron chi connectivity index (χ0n) is 12.2. The summed E-state index contributed by atoms with van der Waals surface area (Å²) < 4.78 is 2.08. The maximum atomic E-state index is 11.2. The maximum Gasteiger partial charge on any atom is 0.262 e. The molecule has 1 amide bonds. The minimum absolute atomic E-state index is 0.0253. The molecule has 6 heteroatoms. The van der Waals surface area contributed by atoms with Gasteiger partial charge in [0, 0.05) is 11.1 Å². The molecule has 0 aromatic carbocycles. The Hall–Kier alpha value is -2.08. The zero-order valence-corrected chi connectivity index (χ0v) is 12.2. The first-order valence-corrected chi connectivity index (χ1v) is 6.50. The number of carbonyl (C=O) groups is 1. The van der Waals surface area contributed by atoms with Crippen LogP contribution in [0.25, 0.3) is 5.65 Å². The topological polar surface area (TPSA) is 78.7 Å². The van der Waals surface area contributed by atoms with Crippen molar-refractivity contribution in [1.29, 1.82) is 0 Å². The molecule has 0 fully saturated rings. The van der Waals surface area contributed by atoms with Gasteiger partial charge in [-0.2, -0.15) is 0 Å². The molecule has 0 saturated heterocycles. The number of hydroxylamine groups is 1. The Kier molecular flexibility index (Phi) is 3.67. The Morgan fingerprint density at radius 1 is 1.40 bits per heavy atom. The Labute approximate surface area is 117 Å². The molecule has 108 valence electrons. The predicted octanol–water partition coefficient (Wildman–Crippen LogP) is 1.86. The number of pyridine rings is 1. The Balaban J connectivity index is 2.53. The van der Waals surface area contributed by atoms with E-state index >= 15 is 0 Å². The summed E-state index contributed by atoms with van der Waals surface area (Å²) in [6.45, 7) is 8.29. The molecular formula is C14H20N4O2. The number of nitrogens with one attached hydrogen (secondary N) is 2. The van der Waals surface area contributed by atoms with Gasteiger partial charge in [-0.3, -0.25) is 14.4 Å². The highest BCUT2D eigenvalue weighted by atomic mass is 16.5. The van der Waals surface area contributed by atoms with Crippen molar-refractivity contribution < 1.29 is 10.0 Å². The first-order chi connectivity index (χ1) is 9.34. The van der Waals surface area contributed by atoms with Crippen LogP contribution in [-0.2, 0) is 10.2 Å². The number of aryl methyl sites for hydroxylation is 1. The fourth-order valence-corrected chi connectivity index (χ4v) is 2.27. The minimum Gasteiger partial charge on any atom is -0.359 e. The minimum atomic E-state index is -0.501. The number of nitrogens with zero attached hydrogens (tertiary/aromatic N) is 2. The van der Waals surface area contributed by atoms with Crippen LogP contribution in [-0.4, -0.2) is 27.0 Å². The average molecular weight is 276 g/mol. The lowest BCUT2D eigenvalue weighted by molar-refractivity contribution is -0.127. The number of amides is 1. The quantitative estimate of drug-likeness (QED) is 0.590. The number of hydrogen-bond acceptors (Lipinski definition) is 4. The summed E-state index contributed by atoms with van der Waals surface area (Å²) in [6.07, 6.45) is 0. The first kappa shape index (κ1) is 14.3. The second-order valence-corrected chi connectivity index (χ2v) is 5.81. The molecule has 0 bridgehead atoms. The highest BCUT2D eigenvalue weighted by molar-refractivity contribution is 5.79. The number of carbonyl (C=O) groups excluding carboxylic acids is 1. The highest BCUT2D eigenvalue weighted by Crippen LogP contribution is 2.31. The summed E-state index contributed by atoms with van der Waals surface area (Å²) in [4.78, 5) is 15.7. The summed E-state index contributed by atoms with van der Waals surface area (Å²) in [5.41, 5.74) is 4.40. The van der Waals surface area contributed by atoms with Gasteiger partial charge in [-0.25, -0.2) is 10.5 Å². The number of aromatic nitrogens is 2. The molecule has 2 heterocycles. The van der Waals surface area contributed by atoms with Crippen LogP contribution in [0.3, 0.4) is 0 Å². The van der Waals surface area contributed by atoms with Crippen molar-refractivity contribution in [2.45, 2.75) is 33.1 Å². The van der Waals surface area contributed by atoms with Gasteiger partial charge < -0.3 is 5.32 Å². The standard InChI is InChI=1S/C14H20N4O2/c1-9-6-5-7-10-16-13(15-8-11(19)17-20)12(18(9)10)14(2,3)4/h5-7,15,20H,8H2,1-4H3,(H,17,19). The van der Waals surface area contributed by atoms with Crippen LogP contribution >= 0.6 is 0 Å². The van der Waals surface area contributed by atoms with Gasteiger partial charge in [-0.1, -0.05) is 26.8 Å². The van der Waals surface area contributed by atoms with E-state index in [1.807, 2.05) is 25.1 Å². The summed E-state index contributed by atoms with van der Waals surface area (Å²) in [6, 6.07) is 5.90. The molecule has 0 aliphatic heterocycles. The lowest BCUT2D eigenvalue weighted by Gasteiger charge is -2.21. The van der Waals surface area contributed by atoms with Crippen molar-refractivity contribution in [1.82, 2.24) is 14.9 Å². The number of rotatable bonds is 3. The van der Waals surface area contributed by atoms with Gasteiger partial charge >= 0.3 is 0 Å². The summed E-state index contributed by atoms with van der Waals surface area (Å²) in [7, 11) is 0. The van der Waals surface area contributed by atoms with Crippen molar-refractivity contribution in [2.24, 2.45) is 0 Å². The molecule has 2 rings (SSSR count). The lowest BCUT2D eigenvalue weighted by atomic mass is 9.91. The van der Waals surface area contributed by atoms with Crippen LogP contribution in [0.4, 0.5) is 5.82 Å². The van der Waals surface area contributed by atoms with Gasteiger partial charge in [0.05, 0.1) is 12.2 Å². The lowest BCUT2D eigenvalue weighted by Crippen LogP contribution is -2.28. The van der Waals surface area contributed by atoms with Crippen LogP contribution in [0.5, 0.6) is 0 Å². The zero-order chi connectivity index (χ0) is 14.9. The van der Waals surface area contributed by atoms with E-state index in [0.717, 1.165) is 17.0 Å². The Bertz CT molecular complexity index is 640. The van der Waals surface area contributed by atoms with Gasteiger partial charge in [-0.05, 0) is 19.1 Å². The second-order valence-electron chi connectivity index (χ2n) is 5.81. The van der Waals surface area contributed by atoms with E-state index in [0.29, 0.717) is 5.82 Å². The fourth-order valence-electron chi connectivity index (χ4n) is 2.27. The summed E-state index contributed by atoms with van der Waals surface area (Å²) >= 11 is 0. The summed E-state index contributed by atoms with van der Waals surface area (Å²) in [5, 5.41) is 11.5. The molecule has 0 unspecified atom stereocenters. The second kappa shape index (κ2) is 5.13. The average Bonchev–Trinajstić information content (AvgIpc) is 2.75. The number of hydrogen-bond donors (Lipinski definition) is 3. The van der Waals surface area contributed by atoms with Crippen molar-refractivity contribution in [2.75, 3.05) is 11.9 Å². The molecule has 2 aromatic heterocycles. The van der Waals surface area contributed by atoms with Crippen molar-refractivity contribution in [3.63, 3.8) is 0 Å². The molecule has 0 atom stereocenters. The molecule has 20 heavy (non-hydrogen) atoms. The molecule has 2 aromatic rings. The molecular weight excluding hydrogens is 256 g/mol. The van der Waals surface area contributed by atoms with Crippen LogP contribution < -0.4 is 10.8 Å². The van der Waals surface area contributed by atoms with Gasteiger partial charge in [-0.15, -0.1) is 0 Å². The third kappa shape index (κ3) is 2.60. The normalized spacial score (nSPS) is 11.7. The Morgan fingerprint density at radius 2 is 2.10 bits per heavy atom. The van der Waals surface area contributed by atoms with E-state index in [1.165, 1.54) is 0 Å². The van der Waals surface area contributed by atoms with Crippen molar-refractivity contribution >= 4 is 17.4 Å². The third-order valence-corrected chi connectivity index (χ3v) is 3.09. The largest absolute Gasteiger partial charge is 0.359 e. The highest BCUT2D eigenvalue weighted by Gasteiger charge is 2.25. The monoisotopic (exact) mass is 276 g/mol. The number of anilines is 1. The first-order valence-electron chi connectivity index (χ1n) is 6.50. The van der Waals surface area contributed by atoms with E-state index in [-0.39, 0.29) is 12.0 Å². The Morgan fingerprint density at radius 3 is 2.70 bits per heavy atom. The summed E-state index contributed by atoms with van der Waals surface area (Å²) in [5.74, 6) is 0.161. The van der Waals surface area contributed by atoms with Gasteiger partial charge in [0.2, 0.25) is 0 Å². The van der Waals surface area contributed by atoms with E-state index in [9.17, 15) is 4.79 Å². The van der Waals surface area contributed by atoms with E-state index in [1.54, 1.807) is 5.48 Å². The predicted molar refractivity (Wildman–Crippen MR) is 77.0 cm³/mol. The molecule has 0 aliphatic carbocycles. The molecule has 0 aliphatic rings. The SMILES string of the molecule is Cc1cccc2nc(NCC(=O)NO)c(C(C)(C)C)n12. The molecule has 6 nitrogen and oxygen atoms in total. The molecule has 0 saturated carbocycles. The fraction of sp³-hybridized carbons (Fsp3) is 0.429. The van der Waals surface area contributed by atoms with Crippen molar-refractivity contribution in [3.05, 3.63) is 29.6 Å². The van der Waals surface area contributed by atoms with Crippen LogP contribution in [0.15, 0.2) is 18.2 Å². The smallest absolute Gasteiger partial charge is 0.262 e. The van der Waals surface area contributed by atoms with Gasteiger partial charge in [0.1, 0.15) is 11.5 Å². The molecule has 3 N–H and O–H groups in total. The van der Waals surface area contributed by atoms with E-state index in [2.05, 4.69) is 35.5 Å². The maximum absolute atomic E-state index is 11.2. The van der Waals surface area contributed by atoms with E-state index in [4.69, 9.17) is 5.21 Å². The van der Waals surface area contributed by atoms with E-state index < -0.39 is 5.91 Å². The number of fused-ring (bicyclic) bond motifs is 1. The molecule has 0 radical (unpaired) electrons. The third-order valence-electron chi connectivity index (χ3n) is 3.09. The van der Waals surface area contributed by atoms with Crippen LogP contribution in [0.1, 0.15) is 32.2 Å². The van der Waals surface area contributed by atoms with Gasteiger partial charge in [0.25, 0.3) is 5.91 Å². The van der Waals surface area contributed by atoms with Crippen molar-refractivity contribution in [3.8, 4) is 0 Å². The number of imidazole rings is 1.